The van der Waals surface area contributed by atoms with Crippen LogP contribution in [0.4, 0.5) is 8.78 Å². The minimum absolute atomic E-state index is 0.0984. The first-order chi connectivity index (χ1) is 17.0. The summed E-state index contributed by atoms with van der Waals surface area (Å²) in [4.78, 5) is 4.33. The topological polar surface area (TPSA) is 62.3 Å². The van der Waals surface area contributed by atoms with Crippen molar-refractivity contribution in [3.05, 3.63) is 100 Å². The first-order valence-electron chi connectivity index (χ1n) is 11.7. The first kappa shape index (κ1) is 23.2. The Morgan fingerprint density at radius 2 is 2.03 bits per heavy atom. The Bertz CT molecular complexity index is 1300. The summed E-state index contributed by atoms with van der Waals surface area (Å²) in [5, 5.41) is 4.37. The van der Waals surface area contributed by atoms with Gasteiger partial charge in [0.15, 0.2) is 5.76 Å². The summed E-state index contributed by atoms with van der Waals surface area (Å²) in [5.74, 6) is 0.257. The van der Waals surface area contributed by atoms with E-state index in [0.717, 1.165) is 59.3 Å². The van der Waals surface area contributed by atoms with E-state index in [0.29, 0.717) is 24.2 Å². The number of aromatic nitrogens is 3. The third kappa shape index (κ3) is 5.12. The molecule has 2 aliphatic rings. The number of aryl methyl sites for hydroxylation is 1. The van der Waals surface area contributed by atoms with Gasteiger partial charge in [0.2, 0.25) is 0 Å². The lowest BCUT2D eigenvalue weighted by Crippen LogP contribution is -2.12. The highest BCUT2D eigenvalue weighted by molar-refractivity contribution is 5.57. The highest BCUT2D eigenvalue weighted by Gasteiger charge is 2.29. The molecule has 1 aromatic carbocycles. The van der Waals surface area contributed by atoms with E-state index in [1.165, 1.54) is 12.1 Å². The average molecular weight is 480 g/mol. The van der Waals surface area contributed by atoms with Gasteiger partial charge in [0, 0.05) is 30.7 Å². The van der Waals surface area contributed by atoms with E-state index < -0.39 is 11.6 Å². The Labute approximate surface area is 202 Å². The van der Waals surface area contributed by atoms with E-state index in [9.17, 15) is 8.78 Å². The van der Waals surface area contributed by atoms with Crippen LogP contribution in [-0.4, -0.2) is 21.8 Å². The fourth-order valence-corrected chi connectivity index (χ4v) is 4.67. The van der Waals surface area contributed by atoms with E-state index >= 15 is 0 Å². The minimum Gasteiger partial charge on any atom is -0.495 e. The number of hydrogen-bond donors (Lipinski definition) is 0. The Hall–Kier alpha value is -3.52. The Morgan fingerprint density at radius 1 is 1.20 bits per heavy atom. The van der Waals surface area contributed by atoms with Gasteiger partial charge in [0.05, 0.1) is 37.1 Å². The van der Waals surface area contributed by atoms with Crippen molar-refractivity contribution in [1.82, 2.24) is 14.7 Å². The van der Waals surface area contributed by atoms with Gasteiger partial charge in [-0.1, -0.05) is 17.3 Å². The molecule has 0 saturated heterocycles. The lowest BCUT2D eigenvalue weighted by atomic mass is 9.92. The molecule has 0 fully saturated rings. The molecule has 2 aromatic heterocycles. The van der Waals surface area contributed by atoms with Gasteiger partial charge < -0.3 is 18.6 Å². The molecular weight excluding hydrogens is 452 g/mol. The molecule has 182 valence electrons. The highest BCUT2D eigenvalue weighted by Crippen LogP contribution is 2.36. The van der Waals surface area contributed by atoms with Gasteiger partial charge in [-0.25, -0.2) is 13.8 Å². The predicted octanol–water partition coefficient (Wildman–Crippen LogP) is 6.00. The monoisotopic (exact) mass is 479 g/mol. The molecule has 1 atom stereocenters. The Balaban J connectivity index is 1.34. The zero-order chi connectivity index (χ0) is 24.4. The maximum absolute atomic E-state index is 13.5. The molecule has 0 N–H and O–H groups in total. The number of ether oxygens (including phenoxy) is 2. The highest BCUT2D eigenvalue weighted by atomic mass is 19.1. The van der Waals surface area contributed by atoms with Crippen molar-refractivity contribution in [3.8, 4) is 0 Å². The molecule has 8 heteroatoms. The SMILES string of the molecule is COC1=C(n2cnc(C)c2)CC=CC(Cc2noc3c2CCCC3OCc2cc(F)cc(F)c2)=C1. The van der Waals surface area contributed by atoms with Gasteiger partial charge in [-0.2, -0.15) is 0 Å². The lowest BCUT2D eigenvalue weighted by molar-refractivity contribution is 0.00994. The molecule has 0 radical (unpaired) electrons. The Kier molecular flexibility index (Phi) is 6.63. The summed E-state index contributed by atoms with van der Waals surface area (Å²) < 4.78 is 46.4. The quantitative estimate of drug-likeness (QED) is 0.416. The zero-order valence-corrected chi connectivity index (χ0v) is 19.8. The normalized spacial score (nSPS) is 17.8. The number of allylic oxidation sites excluding steroid dienone is 5. The van der Waals surface area contributed by atoms with Gasteiger partial charge in [-0.3, -0.25) is 0 Å². The fourth-order valence-electron chi connectivity index (χ4n) is 4.67. The summed E-state index contributed by atoms with van der Waals surface area (Å²) in [7, 11) is 1.67. The van der Waals surface area contributed by atoms with Crippen LogP contribution in [0.2, 0.25) is 0 Å². The molecule has 2 heterocycles. The fraction of sp³-hybridized carbons (Fsp3) is 0.333. The standard InChI is InChI=1S/C27H27F2N3O3/c1-17-14-32(16-30-17)24-7-3-5-18(12-26(24)33-2)11-23-22-6-4-8-25(27(22)35-31-23)34-15-19-9-20(28)13-21(29)10-19/h3,5,9-10,12-14,16,25H,4,6-8,11,15H2,1-2H3. The van der Waals surface area contributed by atoms with Crippen LogP contribution in [0.15, 0.2) is 64.8 Å². The van der Waals surface area contributed by atoms with Gasteiger partial charge >= 0.3 is 0 Å². The van der Waals surface area contributed by atoms with Crippen molar-refractivity contribution in [3.63, 3.8) is 0 Å². The third-order valence-electron chi connectivity index (χ3n) is 6.32. The van der Waals surface area contributed by atoms with Gasteiger partial charge in [0.25, 0.3) is 0 Å². The smallest absolute Gasteiger partial charge is 0.168 e. The number of rotatable bonds is 7. The van der Waals surface area contributed by atoms with Crippen LogP contribution in [0.1, 0.15) is 53.6 Å². The van der Waals surface area contributed by atoms with E-state index in [2.05, 4.69) is 22.3 Å². The van der Waals surface area contributed by atoms with E-state index in [-0.39, 0.29) is 12.7 Å². The molecular formula is C27H27F2N3O3. The van der Waals surface area contributed by atoms with E-state index in [4.69, 9.17) is 14.0 Å². The summed E-state index contributed by atoms with van der Waals surface area (Å²) >= 11 is 0. The van der Waals surface area contributed by atoms with Gasteiger partial charge in [0.1, 0.15) is 23.5 Å². The molecule has 0 aliphatic heterocycles. The maximum Gasteiger partial charge on any atom is 0.168 e. The molecule has 2 aliphatic carbocycles. The Morgan fingerprint density at radius 3 is 2.77 bits per heavy atom. The van der Waals surface area contributed by atoms with Crippen molar-refractivity contribution >= 4 is 5.70 Å². The molecule has 0 amide bonds. The summed E-state index contributed by atoms with van der Waals surface area (Å²) in [6.45, 7) is 2.06. The molecule has 1 unspecified atom stereocenters. The van der Waals surface area contributed by atoms with Crippen molar-refractivity contribution < 1.29 is 22.8 Å². The number of benzene rings is 1. The van der Waals surface area contributed by atoms with Crippen LogP contribution < -0.4 is 0 Å². The first-order valence-corrected chi connectivity index (χ1v) is 11.7. The van der Waals surface area contributed by atoms with Crippen molar-refractivity contribution in [2.75, 3.05) is 7.11 Å². The second-order valence-corrected chi connectivity index (χ2v) is 8.88. The van der Waals surface area contributed by atoms with Gasteiger partial charge in [-0.15, -0.1) is 0 Å². The summed E-state index contributed by atoms with van der Waals surface area (Å²) in [6, 6.07) is 3.42. The van der Waals surface area contributed by atoms with E-state index in [1.807, 2.05) is 23.8 Å². The number of imidazole rings is 1. The number of methoxy groups -OCH3 is 1. The van der Waals surface area contributed by atoms with E-state index in [1.54, 1.807) is 13.4 Å². The summed E-state index contributed by atoms with van der Waals surface area (Å²) in [5.41, 5.74) is 5.40. The van der Waals surface area contributed by atoms with Crippen molar-refractivity contribution in [2.45, 2.75) is 51.7 Å². The molecule has 0 bridgehead atoms. The van der Waals surface area contributed by atoms with Crippen LogP contribution in [-0.2, 0) is 28.9 Å². The number of nitrogens with zero attached hydrogens (tertiary/aromatic N) is 3. The zero-order valence-electron chi connectivity index (χ0n) is 19.8. The summed E-state index contributed by atoms with van der Waals surface area (Å²) in [6.07, 6.45) is 13.6. The maximum atomic E-state index is 13.5. The van der Waals surface area contributed by atoms with Crippen LogP contribution in [0.25, 0.3) is 5.70 Å². The molecule has 0 saturated carbocycles. The lowest BCUT2D eigenvalue weighted by Gasteiger charge is -2.21. The van der Waals surface area contributed by atoms with Crippen LogP contribution >= 0.6 is 0 Å². The molecule has 5 rings (SSSR count). The number of halogens is 2. The second kappa shape index (κ2) is 10.00. The van der Waals surface area contributed by atoms with Crippen LogP contribution in [0, 0.1) is 18.6 Å². The van der Waals surface area contributed by atoms with Crippen molar-refractivity contribution in [2.24, 2.45) is 0 Å². The third-order valence-corrected chi connectivity index (χ3v) is 6.32. The molecule has 0 spiro atoms. The van der Waals surface area contributed by atoms with Gasteiger partial charge in [-0.05, 0) is 55.5 Å². The molecule has 35 heavy (non-hydrogen) atoms. The van der Waals surface area contributed by atoms with Crippen LogP contribution in [0.5, 0.6) is 0 Å². The number of fused-ring (bicyclic) bond motifs is 1. The average Bonchev–Trinajstić information content (AvgIpc) is 3.38. The largest absolute Gasteiger partial charge is 0.495 e. The predicted molar refractivity (Wildman–Crippen MR) is 126 cm³/mol. The van der Waals surface area contributed by atoms with Crippen LogP contribution in [0.3, 0.4) is 0 Å². The minimum atomic E-state index is -0.615. The number of hydrogen-bond acceptors (Lipinski definition) is 5. The molecule has 3 aromatic rings. The second-order valence-electron chi connectivity index (χ2n) is 8.88. The van der Waals surface area contributed by atoms with Crippen molar-refractivity contribution in [1.29, 1.82) is 0 Å². The molecule has 6 nitrogen and oxygen atoms in total.